The summed E-state index contributed by atoms with van der Waals surface area (Å²) in [6.45, 7) is 3.44. The van der Waals surface area contributed by atoms with Gasteiger partial charge in [-0.05, 0) is 12.8 Å². The maximum absolute atomic E-state index is 12.2. The number of urea groups is 1. The Labute approximate surface area is 101 Å². The van der Waals surface area contributed by atoms with Crippen molar-refractivity contribution in [3.63, 3.8) is 0 Å². The number of aliphatic hydroxyl groups excluding tert-OH is 2. The quantitative estimate of drug-likeness (QED) is 0.634. The fourth-order valence-corrected chi connectivity index (χ4v) is 2.42. The molecule has 1 aliphatic rings. The van der Waals surface area contributed by atoms with Crippen LogP contribution in [-0.2, 0) is 4.79 Å². The number of hydrogen-bond acceptors (Lipinski definition) is 4. The van der Waals surface area contributed by atoms with E-state index in [-0.39, 0.29) is 32.2 Å². The number of nitrogens with zero attached hydrogens (tertiary/aromatic N) is 2. The van der Waals surface area contributed by atoms with Gasteiger partial charge in [-0.2, -0.15) is 0 Å². The SMILES string of the molecule is CCC1(CC)C(=O)N(CCO)C(=O)N1CCO. The molecule has 0 atom stereocenters. The predicted molar refractivity (Wildman–Crippen MR) is 61.3 cm³/mol. The second-order valence-electron chi connectivity index (χ2n) is 4.08. The molecule has 0 unspecified atom stereocenters. The average molecular weight is 244 g/mol. The summed E-state index contributed by atoms with van der Waals surface area (Å²) in [6.07, 6.45) is 1.02. The molecule has 3 amide bonds. The lowest BCUT2D eigenvalue weighted by molar-refractivity contribution is -0.134. The first-order valence-corrected chi connectivity index (χ1v) is 5.94. The van der Waals surface area contributed by atoms with Crippen molar-refractivity contribution in [3.05, 3.63) is 0 Å². The van der Waals surface area contributed by atoms with E-state index in [9.17, 15) is 9.59 Å². The minimum absolute atomic E-state index is 0.0152. The van der Waals surface area contributed by atoms with Crippen LogP contribution in [0.5, 0.6) is 0 Å². The molecular formula is C11H20N2O4. The first-order valence-electron chi connectivity index (χ1n) is 5.94. The maximum Gasteiger partial charge on any atom is 0.327 e. The molecule has 0 spiro atoms. The van der Waals surface area contributed by atoms with Gasteiger partial charge in [-0.3, -0.25) is 9.69 Å². The van der Waals surface area contributed by atoms with Gasteiger partial charge in [-0.15, -0.1) is 0 Å². The van der Waals surface area contributed by atoms with Crippen molar-refractivity contribution >= 4 is 11.9 Å². The summed E-state index contributed by atoms with van der Waals surface area (Å²) in [5.41, 5.74) is -0.852. The largest absolute Gasteiger partial charge is 0.395 e. The number of amides is 3. The summed E-state index contributed by atoms with van der Waals surface area (Å²) in [5.74, 6) is -0.269. The second-order valence-corrected chi connectivity index (χ2v) is 4.08. The average Bonchev–Trinajstić information content (AvgIpc) is 2.53. The van der Waals surface area contributed by atoms with Gasteiger partial charge >= 0.3 is 6.03 Å². The van der Waals surface area contributed by atoms with Gasteiger partial charge in [0.1, 0.15) is 5.54 Å². The standard InChI is InChI=1S/C11H20N2O4/c1-3-11(4-2)9(16)12(5-7-14)10(17)13(11)6-8-15/h14-15H,3-8H2,1-2H3. The topological polar surface area (TPSA) is 81.1 Å². The van der Waals surface area contributed by atoms with Gasteiger partial charge in [0.25, 0.3) is 5.91 Å². The molecule has 0 aromatic heterocycles. The highest BCUT2D eigenvalue weighted by Gasteiger charge is 2.54. The second kappa shape index (κ2) is 5.46. The predicted octanol–water partition coefficient (Wildman–Crippen LogP) is -0.206. The van der Waals surface area contributed by atoms with E-state index in [4.69, 9.17) is 10.2 Å². The molecule has 17 heavy (non-hydrogen) atoms. The number of imide groups is 1. The first-order chi connectivity index (χ1) is 8.08. The van der Waals surface area contributed by atoms with Crippen molar-refractivity contribution in [1.29, 1.82) is 0 Å². The molecule has 0 bridgehead atoms. The fraction of sp³-hybridized carbons (Fsp3) is 0.818. The van der Waals surface area contributed by atoms with Crippen molar-refractivity contribution in [3.8, 4) is 0 Å². The molecule has 1 fully saturated rings. The smallest absolute Gasteiger partial charge is 0.327 e. The van der Waals surface area contributed by atoms with E-state index in [2.05, 4.69) is 0 Å². The number of carbonyl (C=O) groups is 2. The van der Waals surface area contributed by atoms with Crippen LogP contribution in [0.15, 0.2) is 0 Å². The molecule has 1 heterocycles. The van der Waals surface area contributed by atoms with Gasteiger partial charge < -0.3 is 15.1 Å². The van der Waals surface area contributed by atoms with Crippen molar-refractivity contribution in [1.82, 2.24) is 9.80 Å². The van der Waals surface area contributed by atoms with Crippen LogP contribution in [0.1, 0.15) is 26.7 Å². The molecule has 1 aliphatic heterocycles. The third kappa shape index (κ3) is 2.02. The van der Waals surface area contributed by atoms with Crippen LogP contribution in [0.2, 0.25) is 0 Å². The van der Waals surface area contributed by atoms with Gasteiger partial charge in [-0.1, -0.05) is 13.8 Å². The van der Waals surface area contributed by atoms with E-state index in [0.717, 1.165) is 4.90 Å². The molecule has 0 aromatic rings. The molecule has 1 saturated heterocycles. The van der Waals surface area contributed by atoms with Gasteiger partial charge in [-0.25, -0.2) is 4.79 Å². The van der Waals surface area contributed by atoms with Crippen molar-refractivity contribution in [2.45, 2.75) is 32.2 Å². The normalized spacial score (nSPS) is 19.3. The summed E-state index contributed by atoms with van der Waals surface area (Å²) in [6, 6.07) is -0.415. The Morgan fingerprint density at radius 1 is 1.06 bits per heavy atom. The Morgan fingerprint density at radius 2 is 1.59 bits per heavy atom. The maximum atomic E-state index is 12.2. The van der Waals surface area contributed by atoms with E-state index in [1.807, 2.05) is 13.8 Å². The van der Waals surface area contributed by atoms with Crippen LogP contribution in [0, 0.1) is 0 Å². The number of rotatable bonds is 6. The summed E-state index contributed by atoms with van der Waals surface area (Å²) < 4.78 is 0. The van der Waals surface area contributed by atoms with E-state index in [0.29, 0.717) is 12.8 Å². The Morgan fingerprint density at radius 3 is 2.00 bits per heavy atom. The number of β-amino-alcohol motifs (C(OH)–C–C–N with tert-alkyl or cyclic N) is 2. The van der Waals surface area contributed by atoms with E-state index < -0.39 is 11.6 Å². The zero-order valence-electron chi connectivity index (χ0n) is 10.3. The third-order valence-corrected chi connectivity index (χ3v) is 3.44. The molecule has 98 valence electrons. The van der Waals surface area contributed by atoms with Gasteiger partial charge in [0.15, 0.2) is 0 Å². The van der Waals surface area contributed by atoms with Crippen LogP contribution in [0.4, 0.5) is 4.79 Å². The molecule has 6 nitrogen and oxygen atoms in total. The Balaban J connectivity index is 3.08. The minimum atomic E-state index is -0.852. The van der Waals surface area contributed by atoms with Gasteiger partial charge in [0.2, 0.25) is 0 Å². The summed E-state index contributed by atoms with van der Waals surface area (Å²) in [5, 5.41) is 17.9. The van der Waals surface area contributed by atoms with Crippen LogP contribution in [0.25, 0.3) is 0 Å². The highest BCUT2D eigenvalue weighted by atomic mass is 16.3. The van der Waals surface area contributed by atoms with E-state index in [1.54, 1.807) is 0 Å². The summed E-state index contributed by atoms with van der Waals surface area (Å²) in [4.78, 5) is 26.8. The minimum Gasteiger partial charge on any atom is -0.395 e. The van der Waals surface area contributed by atoms with Crippen LogP contribution in [-0.4, -0.2) is 63.8 Å². The lowest BCUT2D eigenvalue weighted by Crippen LogP contribution is -2.49. The number of aliphatic hydroxyl groups is 2. The first kappa shape index (κ1) is 13.9. The van der Waals surface area contributed by atoms with E-state index >= 15 is 0 Å². The van der Waals surface area contributed by atoms with Crippen molar-refractivity contribution in [2.24, 2.45) is 0 Å². The van der Waals surface area contributed by atoms with E-state index in [1.165, 1.54) is 4.90 Å². The Kier molecular flexibility index (Phi) is 4.47. The van der Waals surface area contributed by atoms with Crippen molar-refractivity contribution in [2.75, 3.05) is 26.3 Å². The molecule has 0 aliphatic carbocycles. The molecule has 0 aromatic carbocycles. The molecular weight excluding hydrogens is 224 g/mol. The Bertz CT molecular complexity index is 302. The monoisotopic (exact) mass is 244 g/mol. The van der Waals surface area contributed by atoms with Gasteiger partial charge in [0.05, 0.1) is 19.8 Å². The number of carbonyl (C=O) groups excluding carboxylic acids is 2. The van der Waals surface area contributed by atoms with Gasteiger partial charge in [0, 0.05) is 6.54 Å². The van der Waals surface area contributed by atoms with Crippen LogP contribution >= 0.6 is 0 Å². The fourth-order valence-electron chi connectivity index (χ4n) is 2.42. The third-order valence-electron chi connectivity index (χ3n) is 3.44. The zero-order valence-corrected chi connectivity index (χ0v) is 10.3. The van der Waals surface area contributed by atoms with Crippen molar-refractivity contribution < 1.29 is 19.8 Å². The summed E-state index contributed by atoms with van der Waals surface area (Å²) >= 11 is 0. The highest BCUT2D eigenvalue weighted by Crippen LogP contribution is 2.33. The molecule has 0 radical (unpaired) electrons. The molecule has 6 heteroatoms. The lowest BCUT2D eigenvalue weighted by Gasteiger charge is -2.32. The molecule has 0 saturated carbocycles. The van der Waals surface area contributed by atoms with Crippen LogP contribution < -0.4 is 0 Å². The highest BCUT2D eigenvalue weighted by molar-refractivity contribution is 6.07. The molecule has 1 rings (SSSR count). The Hall–Kier alpha value is -1.14. The van der Waals surface area contributed by atoms with Crippen LogP contribution in [0.3, 0.4) is 0 Å². The number of hydrogen-bond donors (Lipinski definition) is 2. The zero-order chi connectivity index (χ0) is 13.1. The molecule has 2 N–H and O–H groups in total. The lowest BCUT2D eigenvalue weighted by atomic mass is 9.91. The summed E-state index contributed by atoms with van der Waals surface area (Å²) in [7, 11) is 0.